The molecule has 0 fully saturated rings. The first kappa shape index (κ1) is 16.8. The number of methoxy groups -OCH3 is 1. The van der Waals surface area contributed by atoms with E-state index < -0.39 is 9.85 Å². The number of nitro benzene ring substituents is 2. The third-order valence-corrected chi connectivity index (χ3v) is 2.60. The summed E-state index contributed by atoms with van der Waals surface area (Å²) in [4.78, 5) is 20.2. The number of ether oxygens (including phenoxy) is 2. The molecule has 0 bridgehead atoms. The van der Waals surface area contributed by atoms with Crippen molar-refractivity contribution < 1.29 is 19.3 Å². The highest BCUT2D eigenvalue weighted by molar-refractivity contribution is 5.65. The van der Waals surface area contributed by atoms with Crippen molar-refractivity contribution in [1.29, 1.82) is 0 Å². The van der Waals surface area contributed by atoms with E-state index >= 15 is 0 Å². The Morgan fingerprint density at radius 3 is 2.52 bits per heavy atom. The minimum absolute atomic E-state index is 0.252. The van der Waals surface area contributed by atoms with Gasteiger partial charge in [0.25, 0.3) is 11.4 Å². The van der Waals surface area contributed by atoms with Gasteiger partial charge in [0.2, 0.25) is 0 Å². The maximum Gasteiger partial charge on any atom is 0.299 e. The molecule has 0 unspecified atom stereocenters. The Labute approximate surface area is 121 Å². The van der Waals surface area contributed by atoms with Crippen molar-refractivity contribution >= 4 is 17.1 Å². The molecule has 0 saturated heterocycles. The standard InChI is InChI=1S/C12H17N3O6/c1-20-7-8-21-6-2-5-13-11-4-3-10(14(16)17)9-12(11)15(18)19/h3-4,9,13H,2,5-8H2,1H3. The van der Waals surface area contributed by atoms with Gasteiger partial charge in [0, 0.05) is 26.3 Å². The van der Waals surface area contributed by atoms with Crippen LogP contribution in [0.4, 0.5) is 17.1 Å². The van der Waals surface area contributed by atoms with E-state index in [1.807, 2.05) is 0 Å². The zero-order valence-corrected chi connectivity index (χ0v) is 11.6. The van der Waals surface area contributed by atoms with Gasteiger partial charge in [-0.3, -0.25) is 20.2 Å². The Morgan fingerprint density at radius 1 is 1.14 bits per heavy atom. The fraction of sp³-hybridized carbons (Fsp3) is 0.500. The molecule has 0 aliphatic rings. The lowest BCUT2D eigenvalue weighted by Crippen LogP contribution is -2.09. The van der Waals surface area contributed by atoms with Gasteiger partial charge in [-0.25, -0.2) is 0 Å². The van der Waals surface area contributed by atoms with Crippen molar-refractivity contribution in [3.63, 3.8) is 0 Å². The molecule has 0 atom stereocenters. The minimum Gasteiger partial charge on any atom is -0.382 e. The summed E-state index contributed by atoms with van der Waals surface area (Å²) in [5.41, 5.74) is -0.373. The van der Waals surface area contributed by atoms with Crippen LogP contribution in [0.5, 0.6) is 0 Å². The van der Waals surface area contributed by atoms with Crippen LogP contribution in [0.25, 0.3) is 0 Å². The number of nitrogens with one attached hydrogen (secondary N) is 1. The van der Waals surface area contributed by atoms with Crippen LogP contribution < -0.4 is 5.32 Å². The predicted octanol–water partition coefficient (Wildman–Crippen LogP) is 1.97. The van der Waals surface area contributed by atoms with E-state index in [0.29, 0.717) is 32.8 Å². The normalized spacial score (nSPS) is 10.3. The molecule has 1 rings (SSSR count). The molecule has 0 amide bonds. The maximum atomic E-state index is 10.9. The molecule has 21 heavy (non-hydrogen) atoms. The van der Waals surface area contributed by atoms with Gasteiger partial charge < -0.3 is 14.8 Å². The van der Waals surface area contributed by atoms with Crippen LogP contribution in [0.3, 0.4) is 0 Å². The second-order valence-corrected chi connectivity index (χ2v) is 4.10. The molecule has 0 spiro atoms. The first-order valence-corrected chi connectivity index (χ1v) is 6.29. The number of rotatable bonds is 10. The Balaban J connectivity index is 2.51. The van der Waals surface area contributed by atoms with Crippen molar-refractivity contribution in [3.8, 4) is 0 Å². The molecule has 9 heteroatoms. The van der Waals surface area contributed by atoms with E-state index in [2.05, 4.69) is 5.32 Å². The van der Waals surface area contributed by atoms with Gasteiger partial charge in [-0.1, -0.05) is 0 Å². The van der Waals surface area contributed by atoms with Gasteiger partial charge in [-0.05, 0) is 12.5 Å². The van der Waals surface area contributed by atoms with Crippen LogP contribution >= 0.6 is 0 Å². The average Bonchev–Trinajstić information content (AvgIpc) is 2.46. The number of non-ortho nitro benzene ring substituents is 1. The molecule has 0 aliphatic carbocycles. The smallest absolute Gasteiger partial charge is 0.299 e. The van der Waals surface area contributed by atoms with Crippen LogP contribution in [-0.2, 0) is 9.47 Å². The molecular weight excluding hydrogens is 282 g/mol. The van der Waals surface area contributed by atoms with Crippen molar-refractivity contribution in [2.24, 2.45) is 0 Å². The Morgan fingerprint density at radius 2 is 1.90 bits per heavy atom. The molecule has 9 nitrogen and oxygen atoms in total. The Kier molecular flexibility index (Phi) is 7.05. The molecule has 1 aromatic carbocycles. The van der Waals surface area contributed by atoms with E-state index in [-0.39, 0.29) is 17.1 Å². The van der Waals surface area contributed by atoms with E-state index in [1.165, 1.54) is 12.1 Å². The lowest BCUT2D eigenvalue weighted by molar-refractivity contribution is -0.393. The number of hydrogen-bond acceptors (Lipinski definition) is 7. The summed E-state index contributed by atoms with van der Waals surface area (Å²) in [6.07, 6.45) is 0.651. The minimum atomic E-state index is -0.666. The monoisotopic (exact) mass is 299 g/mol. The highest BCUT2D eigenvalue weighted by Gasteiger charge is 2.18. The summed E-state index contributed by atoms with van der Waals surface area (Å²) in [6.45, 7) is 1.97. The van der Waals surface area contributed by atoms with Gasteiger partial charge in [-0.15, -0.1) is 0 Å². The zero-order valence-electron chi connectivity index (χ0n) is 11.6. The van der Waals surface area contributed by atoms with Crippen LogP contribution in [0.2, 0.25) is 0 Å². The predicted molar refractivity (Wildman–Crippen MR) is 75.6 cm³/mol. The van der Waals surface area contributed by atoms with Crippen LogP contribution in [0, 0.1) is 20.2 Å². The third-order valence-electron chi connectivity index (χ3n) is 2.60. The van der Waals surface area contributed by atoms with Crippen LogP contribution in [0.1, 0.15) is 6.42 Å². The maximum absolute atomic E-state index is 10.9. The fourth-order valence-corrected chi connectivity index (χ4v) is 1.58. The van der Waals surface area contributed by atoms with Crippen molar-refractivity contribution in [2.45, 2.75) is 6.42 Å². The number of anilines is 1. The van der Waals surface area contributed by atoms with E-state index in [1.54, 1.807) is 7.11 Å². The van der Waals surface area contributed by atoms with Crippen molar-refractivity contribution in [1.82, 2.24) is 0 Å². The molecule has 0 aromatic heterocycles. The van der Waals surface area contributed by atoms with Gasteiger partial charge in [-0.2, -0.15) is 0 Å². The Hall–Kier alpha value is -2.26. The second kappa shape index (κ2) is 8.82. The lowest BCUT2D eigenvalue weighted by Gasteiger charge is -2.07. The third kappa shape index (κ3) is 5.71. The largest absolute Gasteiger partial charge is 0.382 e. The molecule has 0 saturated carbocycles. The molecule has 0 aliphatic heterocycles. The molecule has 0 heterocycles. The number of benzene rings is 1. The second-order valence-electron chi connectivity index (χ2n) is 4.10. The number of nitrogens with zero attached hydrogens (tertiary/aromatic N) is 2. The summed E-state index contributed by atoms with van der Waals surface area (Å²) in [5.74, 6) is 0. The first-order chi connectivity index (χ1) is 10.1. The summed E-state index contributed by atoms with van der Waals surface area (Å²) in [5, 5.41) is 24.4. The van der Waals surface area contributed by atoms with E-state index in [9.17, 15) is 20.2 Å². The van der Waals surface area contributed by atoms with E-state index in [4.69, 9.17) is 9.47 Å². The quantitative estimate of drug-likeness (QED) is 0.398. The van der Waals surface area contributed by atoms with Crippen LogP contribution in [-0.4, -0.2) is 43.3 Å². The highest BCUT2D eigenvalue weighted by Crippen LogP contribution is 2.28. The number of hydrogen-bond donors (Lipinski definition) is 1. The summed E-state index contributed by atoms with van der Waals surface area (Å²) >= 11 is 0. The molecular formula is C12H17N3O6. The zero-order chi connectivity index (χ0) is 15.7. The van der Waals surface area contributed by atoms with Crippen molar-refractivity contribution in [3.05, 3.63) is 38.4 Å². The first-order valence-electron chi connectivity index (χ1n) is 6.29. The highest BCUT2D eigenvalue weighted by atomic mass is 16.6. The van der Waals surface area contributed by atoms with Gasteiger partial charge >= 0.3 is 0 Å². The SMILES string of the molecule is COCCOCCCNc1ccc([N+](=O)[O-])cc1[N+](=O)[O-]. The molecule has 1 aromatic rings. The summed E-state index contributed by atoms with van der Waals surface area (Å²) < 4.78 is 10.1. The summed E-state index contributed by atoms with van der Waals surface area (Å²) in [7, 11) is 1.58. The van der Waals surface area contributed by atoms with Gasteiger partial charge in [0.15, 0.2) is 0 Å². The lowest BCUT2D eigenvalue weighted by atomic mass is 10.2. The van der Waals surface area contributed by atoms with Gasteiger partial charge in [0.05, 0.1) is 29.1 Å². The summed E-state index contributed by atoms with van der Waals surface area (Å²) in [6, 6.07) is 3.50. The average molecular weight is 299 g/mol. The fourth-order valence-electron chi connectivity index (χ4n) is 1.58. The van der Waals surface area contributed by atoms with Crippen LogP contribution in [0.15, 0.2) is 18.2 Å². The number of nitro groups is 2. The van der Waals surface area contributed by atoms with E-state index in [0.717, 1.165) is 6.07 Å². The molecule has 0 radical (unpaired) electrons. The van der Waals surface area contributed by atoms with Crippen molar-refractivity contribution in [2.75, 3.05) is 38.8 Å². The van der Waals surface area contributed by atoms with Gasteiger partial charge in [0.1, 0.15) is 5.69 Å². The molecule has 1 N–H and O–H groups in total. The molecule has 116 valence electrons. The Bertz CT molecular complexity index is 494. The topological polar surface area (TPSA) is 117 Å².